The Labute approximate surface area is 66.2 Å². The normalized spacial score (nSPS) is 21.2. The number of carbonyl (C=O) groups is 1. The minimum Gasteiger partial charge on any atom is -0.378 e. The van der Waals surface area contributed by atoms with Gasteiger partial charge in [-0.05, 0) is 7.05 Å². The molecule has 0 aromatic rings. The van der Waals surface area contributed by atoms with Gasteiger partial charge in [-0.2, -0.15) is 0 Å². The van der Waals surface area contributed by atoms with Gasteiger partial charge in [-0.1, -0.05) is 0 Å². The third-order valence-electron chi connectivity index (χ3n) is 2.10. The molecule has 1 fully saturated rings. The predicted octanol–water partition coefficient (Wildman–Crippen LogP) is -0.998. The molecule has 4 nitrogen and oxygen atoms in total. The Morgan fingerprint density at radius 2 is 2.27 bits per heavy atom. The first kappa shape index (κ1) is 8.49. The number of aliphatic hydroxyl groups is 1. The van der Waals surface area contributed by atoms with Crippen LogP contribution < -0.4 is 5.32 Å². The molecule has 0 radical (unpaired) electrons. The fraction of sp³-hybridized carbons (Fsp3) is 0.857. The second-order valence-corrected chi connectivity index (χ2v) is 2.92. The summed E-state index contributed by atoms with van der Waals surface area (Å²) >= 11 is 0. The van der Waals surface area contributed by atoms with Crippen molar-refractivity contribution in [1.82, 2.24) is 10.2 Å². The van der Waals surface area contributed by atoms with Crippen LogP contribution in [0.5, 0.6) is 0 Å². The monoisotopic (exact) mass is 158 g/mol. The molecule has 11 heavy (non-hydrogen) atoms. The van der Waals surface area contributed by atoms with E-state index in [1.165, 1.54) is 0 Å². The average molecular weight is 158 g/mol. The molecule has 0 saturated carbocycles. The van der Waals surface area contributed by atoms with Crippen LogP contribution in [0, 0.1) is 5.92 Å². The minimum atomic E-state index is -0.467. The molecule has 1 aliphatic rings. The number of likely N-dealkylation sites (tertiary alicyclic amines) is 1. The van der Waals surface area contributed by atoms with E-state index in [0.29, 0.717) is 13.1 Å². The lowest BCUT2D eigenvalue weighted by Gasteiger charge is -2.40. The van der Waals surface area contributed by atoms with Crippen molar-refractivity contribution in [2.24, 2.45) is 5.92 Å². The Bertz CT molecular complexity index is 155. The fourth-order valence-electron chi connectivity index (χ4n) is 1.21. The Kier molecular flexibility index (Phi) is 2.46. The molecule has 1 atom stereocenters. The van der Waals surface area contributed by atoms with E-state index < -0.39 is 6.23 Å². The van der Waals surface area contributed by atoms with Crippen LogP contribution in [-0.2, 0) is 4.79 Å². The number of nitrogens with one attached hydrogen (secondary N) is 1. The van der Waals surface area contributed by atoms with Crippen LogP contribution in [0.4, 0.5) is 0 Å². The van der Waals surface area contributed by atoms with E-state index in [9.17, 15) is 9.90 Å². The van der Waals surface area contributed by atoms with Gasteiger partial charge in [0.1, 0.15) is 6.23 Å². The third-order valence-corrected chi connectivity index (χ3v) is 2.10. The number of nitrogens with zero attached hydrogens (tertiary/aromatic N) is 1. The number of aliphatic hydroxyl groups excluding tert-OH is 1. The van der Waals surface area contributed by atoms with Crippen LogP contribution in [0.15, 0.2) is 0 Å². The lowest BCUT2D eigenvalue weighted by atomic mass is 9.98. The van der Waals surface area contributed by atoms with E-state index in [-0.39, 0.29) is 11.8 Å². The summed E-state index contributed by atoms with van der Waals surface area (Å²) in [7, 11) is 1.71. The van der Waals surface area contributed by atoms with Gasteiger partial charge >= 0.3 is 0 Å². The lowest BCUT2D eigenvalue weighted by Crippen LogP contribution is -2.56. The first-order valence-electron chi connectivity index (χ1n) is 3.76. The second-order valence-electron chi connectivity index (χ2n) is 2.92. The molecule has 1 heterocycles. The summed E-state index contributed by atoms with van der Waals surface area (Å²) in [6, 6.07) is 0. The zero-order valence-electron chi connectivity index (χ0n) is 6.87. The van der Waals surface area contributed by atoms with E-state index in [0.717, 1.165) is 0 Å². The maximum atomic E-state index is 10.7. The van der Waals surface area contributed by atoms with E-state index in [1.54, 1.807) is 18.9 Å². The molecule has 1 rings (SSSR count). The summed E-state index contributed by atoms with van der Waals surface area (Å²) in [5.41, 5.74) is 0. The molecule has 64 valence electrons. The SMILES string of the molecule is CNC(O)C1CN(C(C)=O)C1. The summed E-state index contributed by atoms with van der Waals surface area (Å²) in [6.07, 6.45) is -0.467. The maximum absolute atomic E-state index is 10.7. The molecule has 1 unspecified atom stereocenters. The van der Waals surface area contributed by atoms with Gasteiger partial charge in [-0.15, -0.1) is 0 Å². The molecule has 0 aliphatic carbocycles. The first-order valence-corrected chi connectivity index (χ1v) is 3.76. The molecule has 2 N–H and O–H groups in total. The number of hydrogen-bond acceptors (Lipinski definition) is 3. The summed E-state index contributed by atoms with van der Waals surface area (Å²) < 4.78 is 0. The molecular weight excluding hydrogens is 144 g/mol. The summed E-state index contributed by atoms with van der Waals surface area (Å²) in [5, 5.41) is 12.0. The highest BCUT2D eigenvalue weighted by Gasteiger charge is 2.32. The molecule has 1 amide bonds. The Morgan fingerprint density at radius 3 is 2.64 bits per heavy atom. The van der Waals surface area contributed by atoms with E-state index in [2.05, 4.69) is 5.32 Å². The summed E-state index contributed by atoms with van der Waals surface area (Å²) in [6.45, 7) is 2.90. The molecule has 0 aromatic heterocycles. The largest absolute Gasteiger partial charge is 0.378 e. The van der Waals surface area contributed by atoms with Gasteiger partial charge in [0.05, 0.1) is 0 Å². The minimum absolute atomic E-state index is 0.0875. The predicted molar refractivity (Wildman–Crippen MR) is 40.8 cm³/mol. The van der Waals surface area contributed by atoms with Gasteiger partial charge in [0.2, 0.25) is 5.91 Å². The van der Waals surface area contributed by atoms with Crippen LogP contribution in [-0.4, -0.2) is 42.3 Å². The Morgan fingerprint density at radius 1 is 1.73 bits per heavy atom. The quantitative estimate of drug-likeness (QED) is 0.507. The standard InChI is InChI=1S/C7H14N2O2/c1-5(10)9-3-6(4-9)7(11)8-2/h6-8,11H,3-4H2,1-2H3. The van der Waals surface area contributed by atoms with Crippen molar-refractivity contribution >= 4 is 5.91 Å². The number of rotatable bonds is 2. The second kappa shape index (κ2) is 3.19. The smallest absolute Gasteiger partial charge is 0.219 e. The number of amides is 1. The highest BCUT2D eigenvalue weighted by molar-refractivity contribution is 5.74. The highest BCUT2D eigenvalue weighted by atomic mass is 16.3. The molecule has 1 aliphatic heterocycles. The van der Waals surface area contributed by atoms with Crippen LogP contribution in [0.2, 0.25) is 0 Å². The average Bonchev–Trinajstić information content (AvgIpc) is 1.83. The van der Waals surface area contributed by atoms with Crippen molar-refractivity contribution in [3.63, 3.8) is 0 Å². The first-order chi connectivity index (χ1) is 5.15. The van der Waals surface area contributed by atoms with Crippen LogP contribution in [0.1, 0.15) is 6.92 Å². The molecule has 1 saturated heterocycles. The topological polar surface area (TPSA) is 52.6 Å². The number of carbonyl (C=O) groups excluding carboxylic acids is 1. The summed E-state index contributed by atoms with van der Waals surface area (Å²) in [4.78, 5) is 12.4. The molecule has 4 heteroatoms. The van der Waals surface area contributed by atoms with Crippen molar-refractivity contribution in [2.75, 3.05) is 20.1 Å². The fourth-order valence-corrected chi connectivity index (χ4v) is 1.21. The summed E-state index contributed by atoms with van der Waals surface area (Å²) in [5.74, 6) is 0.299. The number of hydrogen-bond donors (Lipinski definition) is 2. The van der Waals surface area contributed by atoms with Crippen molar-refractivity contribution < 1.29 is 9.90 Å². The van der Waals surface area contributed by atoms with Gasteiger partial charge in [0, 0.05) is 25.9 Å². The van der Waals surface area contributed by atoms with Crippen molar-refractivity contribution in [2.45, 2.75) is 13.2 Å². The van der Waals surface area contributed by atoms with Crippen LogP contribution >= 0.6 is 0 Å². The van der Waals surface area contributed by atoms with Gasteiger partial charge in [0.15, 0.2) is 0 Å². The Hall–Kier alpha value is -0.610. The third kappa shape index (κ3) is 1.70. The van der Waals surface area contributed by atoms with Crippen molar-refractivity contribution in [3.8, 4) is 0 Å². The zero-order valence-corrected chi connectivity index (χ0v) is 6.87. The zero-order chi connectivity index (χ0) is 8.43. The Balaban J connectivity index is 2.23. The van der Waals surface area contributed by atoms with Gasteiger partial charge in [0.25, 0.3) is 0 Å². The van der Waals surface area contributed by atoms with Gasteiger partial charge < -0.3 is 10.0 Å². The van der Waals surface area contributed by atoms with Crippen LogP contribution in [0.25, 0.3) is 0 Å². The van der Waals surface area contributed by atoms with Gasteiger partial charge in [-0.3, -0.25) is 10.1 Å². The molecule has 0 spiro atoms. The molecular formula is C7H14N2O2. The lowest BCUT2D eigenvalue weighted by molar-refractivity contribution is -0.138. The van der Waals surface area contributed by atoms with Gasteiger partial charge in [-0.25, -0.2) is 0 Å². The highest BCUT2D eigenvalue weighted by Crippen LogP contribution is 2.17. The van der Waals surface area contributed by atoms with E-state index >= 15 is 0 Å². The van der Waals surface area contributed by atoms with E-state index in [1.807, 2.05) is 0 Å². The van der Waals surface area contributed by atoms with Crippen molar-refractivity contribution in [1.29, 1.82) is 0 Å². The van der Waals surface area contributed by atoms with Crippen LogP contribution in [0.3, 0.4) is 0 Å². The van der Waals surface area contributed by atoms with E-state index in [4.69, 9.17) is 0 Å². The van der Waals surface area contributed by atoms with Crippen molar-refractivity contribution in [3.05, 3.63) is 0 Å². The maximum Gasteiger partial charge on any atom is 0.219 e. The molecule has 0 bridgehead atoms. The molecule has 0 aromatic carbocycles.